The number of benzene rings is 1. The van der Waals surface area contributed by atoms with Gasteiger partial charge in [-0.3, -0.25) is 10.1 Å². The van der Waals surface area contributed by atoms with Gasteiger partial charge < -0.3 is 0 Å². The molecule has 9 heteroatoms. The first-order valence-corrected chi connectivity index (χ1v) is 5.25. The molecule has 0 spiro atoms. The van der Waals surface area contributed by atoms with Crippen LogP contribution in [0.25, 0.3) is 22.1 Å². The van der Waals surface area contributed by atoms with Crippen LogP contribution in [-0.4, -0.2) is 22.4 Å². The quantitative estimate of drug-likeness (QED) is 0.473. The summed E-state index contributed by atoms with van der Waals surface area (Å²) >= 11 is 1.94. The standard InChI is InChI=1S/C6HN5O2S2/c12-11(13)3-1-2-4(8-14-7-2)6-5(3)9-15-10-6/h1H. The highest BCUT2D eigenvalue weighted by molar-refractivity contribution is 7.01. The van der Waals surface area contributed by atoms with E-state index in [0.717, 1.165) is 23.5 Å². The van der Waals surface area contributed by atoms with E-state index >= 15 is 0 Å². The summed E-state index contributed by atoms with van der Waals surface area (Å²) in [5.41, 5.74) is 1.74. The lowest BCUT2D eigenvalue weighted by Gasteiger charge is -1.91. The lowest BCUT2D eigenvalue weighted by Crippen LogP contribution is -1.90. The van der Waals surface area contributed by atoms with Crippen LogP contribution in [-0.2, 0) is 0 Å². The lowest BCUT2D eigenvalue weighted by atomic mass is 10.2. The number of nitrogens with zero attached hydrogens (tertiary/aromatic N) is 5. The summed E-state index contributed by atoms with van der Waals surface area (Å²) in [5.74, 6) is 0. The number of rotatable bonds is 1. The molecule has 0 fully saturated rings. The molecule has 0 unspecified atom stereocenters. The van der Waals surface area contributed by atoms with E-state index in [1.807, 2.05) is 0 Å². The molecule has 0 radical (unpaired) electrons. The van der Waals surface area contributed by atoms with E-state index in [2.05, 4.69) is 17.5 Å². The fourth-order valence-corrected chi connectivity index (χ4v) is 2.39. The van der Waals surface area contributed by atoms with Crippen molar-refractivity contribution in [3.63, 3.8) is 0 Å². The van der Waals surface area contributed by atoms with Crippen LogP contribution in [0.2, 0.25) is 0 Å². The van der Waals surface area contributed by atoms with E-state index in [4.69, 9.17) is 0 Å². The van der Waals surface area contributed by atoms with Gasteiger partial charge >= 0.3 is 5.69 Å². The molecular formula is C6HN5O2S2. The first kappa shape index (κ1) is 8.56. The van der Waals surface area contributed by atoms with Crippen LogP contribution in [0.15, 0.2) is 6.07 Å². The van der Waals surface area contributed by atoms with Crippen molar-refractivity contribution in [1.82, 2.24) is 17.5 Å². The maximum Gasteiger partial charge on any atom is 0.300 e. The highest BCUT2D eigenvalue weighted by Crippen LogP contribution is 2.30. The van der Waals surface area contributed by atoms with Crippen LogP contribution in [0.3, 0.4) is 0 Å². The zero-order chi connectivity index (χ0) is 10.4. The fourth-order valence-electron chi connectivity index (χ4n) is 1.30. The van der Waals surface area contributed by atoms with Gasteiger partial charge in [0.25, 0.3) is 0 Å². The van der Waals surface area contributed by atoms with E-state index in [-0.39, 0.29) is 11.2 Å². The molecule has 0 amide bonds. The summed E-state index contributed by atoms with van der Waals surface area (Å²) < 4.78 is 15.9. The summed E-state index contributed by atoms with van der Waals surface area (Å²) in [4.78, 5) is 10.3. The second-order valence-corrected chi connectivity index (χ2v) is 3.80. The Morgan fingerprint density at radius 2 is 1.73 bits per heavy atom. The zero-order valence-electron chi connectivity index (χ0n) is 6.95. The molecule has 2 heterocycles. The molecule has 0 saturated heterocycles. The highest BCUT2D eigenvalue weighted by atomic mass is 32.1. The third-order valence-corrected chi connectivity index (χ3v) is 3.01. The molecule has 0 saturated carbocycles. The van der Waals surface area contributed by atoms with Gasteiger partial charge in [0.2, 0.25) is 0 Å². The van der Waals surface area contributed by atoms with Gasteiger partial charge in [-0.1, -0.05) is 0 Å². The van der Waals surface area contributed by atoms with E-state index < -0.39 is 4.92 Å². The summed E-state index contributed by atoms with van der Waals surface area (Å²) in [5, 5.41) is 10.8. The van der Waals surface area contributed by atoms with Crippen LogP contribution in [0.1, 0.15) is 0 Å². The fraction of sp³-hybridized carbons (Fsp3) is 0. The molecule has 3 aromatic rings. The monoisotopic (exact) mass is 239 g/mol. The van der Waals surface area contributed by atoms with Crippen molar-refractivity contribution in [3.05, 3.63) is 16.2 Å². The van der Waals surface area contributed by atoms with Gasteiger partial charge in [-0.05, 0) is 0 Å². The van der Waals surface area contributed by atoms with Crippen molar-refractivity contribution >= 4 is 51.2 Å². The predicted molar refractivity (Wildman–Crippen MR) is 55.0 cm³/mol. The number of fused-ring (bicyclic) bond motifs is 3. The molecule has 0 aliphatic rings. The minimum atomic E-state index is -0.484. The largest absolute Gasteiger partial charge is 0.300 e. The number of nitro benzene ring substituents is 1. The first-order chi connectivity index (χ1) is 7.27. The number of hydrogen-bond acceptors (Lipinski definition) is 8. The Kier molecular flexibility index (Phi) is 1.64. The topological polar surface area (TPSA) is 94.7 Å². The van der Waals surface area contributed by atoms with Crippen LogP contribution < -0.4 is 0 Å². The van der Waals surface area contributed by atoms with Gasteiger partial charge in [-0.15, -0.1) is 0 Å². The first-order valence-electron chi connectivity index (χ1n) is 3.79. The van der Waals surface area contributed by atoms with Gasteiger partial charge in [-0.2, -0.15) is 17.5 Å². The highest BCUT2D eigenvalue weighted by Gasteiger charge is 2.20. The molecule has 7 nitrogen and oxygen atoms in total. The third-order valence-electron chi connectivity index (χ3n) is 1.94. The summed E-state index contributed by atoms with van der Waals surface area (Å²) in [7, 11) is 0. The molecule has 0 aliphatic heterocycles. The molecule has 0 atom stereocenters. The average Bonchev–Trinajstić information content (AvgIpc) is 2.83. The second-order valence-electron chi connectivity index (χ2n) is 2.75. The van der Waals surface area contributed by atoms with Crippen LogP contribution in [0.4, 0.5) is 5.69 Å². The zero-order valence-corrected chi connectivity index (χ0v) is 8.58. The van der Waals surface area contributed by atoms with Gasteiger partial charge in [0.05, 0.1) is 28.4 Å². The predicted octanol–water partition coefficient (Wildman–Crippen LogP) is 1.60. The van der Waals surface area contributed by atoms with Gasteiger partial charge in [0, 0.05) is 6.07 Å². The Morgan fingerprint density at radius 3 is 2.53 bits per heavy atom. The molecule has 74 valence electrons. The Morgan fingerprint density at radius 1 is 1.07 bits per heavy atom. The molecule has 3 rings (SSSR count). The van der Waals surface area contributed by atoms with E-state index in [1.165, 1.54) is 6.07 Å². The van der Waals surface area contributed by atoms with Crippen LogP contribution in [0, 0.1) is 10.1 Å². The minimum Gasteiger partial charge on any atom is -0.258 e. The van der Waals surface area contributed by atoms with Crippen LogP contribution >= 0.6 is 23.5 Å². The molecular weight excluding hydrogens is 238 g/mol. The average molecular weight is 239 g/mol. The van der Waals surface area contributed by atoms with Crippen LogP contribution in [0.5, 0.6) is 0 Å². The Labute approximate surface area is 90.2 Å². The number of non-ortho nitro benzene ring substituents is 1. The van der Waals surface area contributed by atoms with Crippen molar-refractivity contribution < 1.29 is 4.92 Å². The number of nitro groups is 1. The molecule has 1 aromatic carbocycles. The lowest BCUT2D eigenvalue weighted by molar-refractivity contribution is -0.383. The van der Waals surface area contributed by atoms with Gasteiger partial charge in [-0.25, -0.2) is 0 Å². The van der Waals surface area contributed by atoms with Gasteiger partial charge in [0.15, 0.2) is 5.52 Å². The van der Waals surface area contributed by atoms with Crippen molar-refractivity contribution in [3.8, 4) is 0 Å². The molecule has 0 bridgehead atoms. The van der Waals surface area contributed by atoms with E-state index in [1.54, 1.807) is 0 Å². The SMILES string of the molecule is O=[N+]([O-])c1cc2nsnc2c2nsnc12. The summed E-state index contributed by atoms with van der Waals surface area (Å²) in [6, 6.07) is 1.38. The minimum absolute atomic E-state index is 0.0704. The Hall–Kier alpha value is -1.74. The maximum absolute atomic E-state index is 10.8. The van der Waals surface area contributed by atoms with Crippen molar-refractivity contribution in [2.45, 2.75) is 0 Å². The van der Waals surface area contributed by atoms with Crippen molar-refractivity contribution in [1.29, 1.82) is 0 Å². The summed E-state index contributed by atoms with van der Waals surface area (Å²) in [6.45, 7) is 0. The second kappa shape index (κ2) is 2.87. The molecule has 0 aliphatic carbocycles. The molecule has 0 N–H and O–H groups in total. The number of aromatic nitrogens is 4. The molecule has 2 aromatic heterocycles. The smallest absolute Gasteiger partial charge is 0.258 e. The third kappa shape index (κ3) is 1.10. The maximum atomic E-state index is 10.8. The van der Waals surface area contributed by atoms with Crippen molar-refractivity contribution in [2.75, 3.05) is 0 Å². The van der Waals surface area contributed by atoms with E-state index in [0.29, 0.717) is 16.6 Å². The number of hydrogen-bond donors (Lipinski definition) is 0. The molecule has 15 heavy (non-hydrogen) atoms. The van der Waals surface area contributed by atoms with Gasteiger partial charge in [0.1, 0.15) is 16.6 Å². The van der Waals surface area contributed by atoms with E-state index in [9.17, 15) is 10.1 Å². The Bertz CT molecular complexity index is 674. The van der Waals surface area contributed by atoms with Crippen molar-refractivity contribution in [2.24, 2.45) is 0 Å². The Balaban J connectivity index is 2.59. The normalized spacial score (nSPS) is 11.2. The summed E-state index contributed by atoms with van der Waals surface area (Å²) in [6.07, 6.45) is 0.